The van der Waals surface area contributed by atoms with Crippen molar-refractivity contribution in [3.8, 4) is 11.1 Å². The van der Waals surface area contributed by atoms with Crippen LogP contribution in [0.2, 0.25) is 0 Å². The van der Waals surface area contributed by atoms with E-state index in [2.05, 4.69) is 9.72 Å². The first kappa shape index (κ1) is 24.9. The maximum absolute atomic E-state index is 15.0. The third kappa shape index (κ3) is 6.18. The number of carbonyl (C=O) groups excluding carboxylic acids is 1. The molecule has 0 fully saturated rings. The number of sulfonamides is 1. The minimum absolute atomic E-state index is 0.100. The summed E-state index contributed by atoms with van der Waals surface area (Å²) in [6.07, 6.45) is 2.83. The van der Waals surface area contributed by atoms with E-state index in [0.29, 0.717) is 29.7 Å². The summed E-state index contributed by atoms with van der Waals surface area (Å²) in [5.41, 5.74) is 1.13. The van der Waals surface area contributed by atoms with Crippen molar-refractivity contribution in [2.45, 2.75) is 37.9 Å². The largest absolute Gasteiger partial charge is 0.446 e. The minimum atomic E-state index is -4.28. The lowest BCUT2D eigenvalue weighted by atomic mass is 10.0. The molecule has 0 aliphatic rings. The minimum Gasteiger partial charge on any atom is -0.446 e. The molecule has 2 aromatic heterocycles. The maximum Gasteiger partial charge on any atom is 0.421 e. The lowest BCUT2D eigenvalue weighted by Gasteiger charge is -2.10. The molecule has 8 nitrogen and oxygen atoms in total. The number of rotatable bonds is 9. The Morgan fingerprint density at radius 3 is 2.70 bits per heavy atom. The van der Waals surface area contributed by atoms with E-state index >= 15 is 0 Å². The number of nitrogens with zero attached hydrogens (tertiary/aromatic N) is 2. The van der Waals surface area contributed by atoms with Gasteiger partial charge in [-0.15, -0.1) is 11.3 Å². The summed E-state index contributed by atoms with van der Waals surface area (Å²) < 4.78 is 49.0. The van der Waals surface area contributed by atoms with Gasteiger partial charge >= 0.3 is 6.09 Å². The molecule has 0 aliphatic carbocycles. The highest BCUT2D eigenvalue weighted by Gasteiger charge is 2.26. The van der Waals surface area contributed by atoms with Gasteiger partial charge in [0, 0.05) is 28.4 Å². The van der Waals surface area contributed by atoms with E-state index < -0.39 is 28.5 Å². The number of amides is 1. The number of aliphatic hydroxyl groups excluding tert-OH is 1. The van der Waals surface area contributed by atoms with E-state index in [4.69, 9.17) is 5.11 Å². The van der Waals surface area contributed by atoms with Crippen molar-refractivity contribution in [2.24, 2.45) is 5.92 Å². The fraction of sp³-hybridized carbons (Fsp3) is 0.364. The summed E-state index contributed by atoms with van der Waals surface area (Å²) >= 11 is 1.03. The molecular weight excluding hydrogens is 469 g/mol. The van der Waals surface area contributed by atoms with E-state index in [9.17, 15) is 17.6 Å². The Labute approximate surface area is 196 Å². The fourth-order valence-corrected chi connectivity index (χ4v) is 6.09. The van der Waals surface area contributed by atoms with Crippen molar-refractivity contribution in [3.05, 3.63) is 58.7 Å². The van der Waals surface area contributed by atoms with Gasteiger partial charge in [0.1, 0.15) is 22.5 Å². The summed E-state index contributed by atoms with van der Waals surface area (Å²) in [6.45, 7) is 5.36. The summed E-state index contributed by atoms with van der Waals surface area (Å²) in [5.74, 6) is 0.546. The maximum atomic E-state index is 15.0. The first-order valence-corrected chi connectivity index (χ1v) is 12.6. The van der Waals surface area contributed by atoms with Gasteiger partial charge in [0.25, 0.3) is 10.0 Å². The molecule has 0 radical (unpaired) electrons. The second-order valence-electron chi connectivity index (χ2n) is 7.89. The quantitative estimate of drug-likeness (QED) is 0.468. The molecule has 3 aromatic rings. The zero-order valence-corrected chi connectivity index (χ0v) is 20.2. The number of nitrogens with one attached hydrogen (secondary N) is 1. The highest BCUT2D eigenvalue weighted by Crippen LogP contribution is 2.37. The van der Waals surface area contributed by atoms with Crippen molar-refractivity contribution in [2.75, 3.05) is 13.2 Å². The number of carbonyl (C=O) groups is 1. The van der Waals surface area contributed by atoms with Crippen LogP contribution in [0.3, 0.4) is 0 Å². The number of hydrogen-bond acceptors (Lipinski definition) is 7. The van der Waals surface area contributed by atoms with E-state index in [1.807, 2.05) is 25.5 Å². The van der Waals surface area contributed by atoms with Gasteiger partial charge < -0.3 is 14.4 Å². The Balaban J connectivity index is 1.97. The van der Waals surface area contributed by atoms with Crippen LogP contribution in [-0.4, -0.2) is 42.4 Å². The molecule has 0 spiro atoms. The molecule has 3 rings (SSSR count). The van der Waals surface area contributed by atoms with Crippen LogP contribution in [0.25, 0.3) is 11.1 Å². The molecular formula is C22H26FN3O5S2. The SMILES string of the molecule is Cc1nccn1Cc1ccc(-c2cc(CC(C)C)sc2S(=O)(=O)NC(=O)OCCO)cc1F. The van der Waals surface area contributed by atoms with E-state index in [0.717, 1.165) is 22.0 Å². The number of halogens is 1. The first-order chi connectivity index (χ1) is 15.6. The standard InChI is InChI=1S/C22H26FN3O5S2/c1-14(2)10-18-12-19(21(32-18)33(29,30)25-22(28)31-9-8-27)16-4-5-17(20(23)11-16)13-26-7-6-24-15(26)3/h4-7,11-12,14,27H,8-10,13H2,1-3H3,(H,25,28). The van der Waals surface area contributed by atoms with Gasteiger partial charge in [-0.2, -0.15) is 0 Å². The molecule has 0 saturated heterocycles. The summed E-state index contributed by atoms with van der Waals surface area (Å²) in [4.78, 5) is 16.7. The summed E-state index contributed by atoms with van der Waals surface area (Å²) in [6, 6.07) is 6.29. The van der Waals surface area contributed by atoms with E-state index in [-0.39, 0.29) is 16.7 Å². The van der Waals surface area contributed by atoms with Crippen LogP contribution >= 0.6 is 11.3 Å². The highest BCUT2D eigenvalue weighted by atomic mass is 32.2. The highest BCUT2D eigenvalue weighted by molar-refractivity contribution is 7.92. The van der Waals surface area contributed by atoms with Gasteiger partial charge in [-0.1, -0.05) is 26.0 Å². The average Bonchev–Trinajstić information content (AvgIpc) is 3.34. The molecule has 0 atom stereocenters. The Bertz CT molecular complexity index is 1230. The van der Waals surface area contributed by atoms with Gasteiger partial charge in [0.05, 0.1) is 13.2 Å². The Morgan fingerprint density at radius 2 is 2.09 bits per heavy atom. The Hall–Kier alpha value is -2.76. The molecule has 0 unspecified atom stereocenters. The first-order valence-electron chi connectivity index (χ1n) is 10.3. The molecule has 2 N–H and O–H groups in total. The van der Waals surface area contributed by atoms with Crippen molar-refractivity contribution in [1.29, 1.82) is 0 Å². The third-order valence-corrected chi connectivity index (χ3v) is 7.78. The van der Waals surface area contributed by atoms with Crippen LogP contribution in [0.1, 0.15) is 30.1 Å². The normalized spacial score (nSPS) is 11.7. The van der Waals surface area contributed by atoms with Gasteiger partial charge in [-0.3, -0.25) is 0 Å². The zero-order chi connectivity index (χ0) is 24.2. The molecule has 2 heterocycles. The number of aryl methyl sites for hydroxylation is 1. The van der Waals surface area contributed by atoms with Crippen molar-refractivity contribution < 1.29 is 27.4 Å². The average molecular weight is 496 g/mol. The number of aromatic nitrogens is 2. The van der Waals surface area contributed by atoms with Crippen molar-refractivity contribution >= 4 is 27.5 Å². The van der Waals surface area contributed by atoms with Crippen LogP contribution in [0.15, 0.2) is 40.9 Å². The van der Waals surface area contributed by atoms with E-state index in [1.54, 1.807) is 35.2 Å². The topological polar surface area (TPSA) is 111 Å². The van der Waals surface area contributed by atoms with Gasteiger partial charge in [-0.25, -0.2) is 27.3 Å². The molecule has 1 aromatic carbocycles. The van der Waals surface area contributed by atoms with Crippen LogP contribution < -0.4 is 4.72 Å². The summed E-state index contributed by atoms with van der Waals surface area (Å²) in [5, 5.41) is 8.76. The van der Waals surface area contributed by atoms with Crippen LogP contribution in [0.4, 0.5) is 9.18 Å². The van der Waals surface area contributed by atoms with Gasteiger partial charge in [0.2, 0.25) is 0 Å². The lowest BCUT2D eigenvalue weighted by molar-refractivity contribution is 0.124. The van der Waals surface area contributed by atoms with Crippen molar-refractivity contribution in [1.82, 2.24) is 14.3 Å². The van der Waals surface area contributed by atoms with Crippen LogP contribution in [0, 0.1) is 18.7 Å². The number of thiophene rings is 1. The zero-order valence-electron chi connectivity index (χ0n) is 18.5. The lowest BCUT2D eigenvalue weighted by Crippen LogP contribution is -2.31. The van der Waals surface area contributed by atoms with Crippen LogP contribution in [0.5, 0.6) is 0 Å². The van der Waals surface area contributed by atoms with Gasteiger partial charge in [0.15, 0.2) is 0 Å². The fourth-order valence-electron chi connectivity index (χ4n) is 3.25. The molecule has 33 heavy (non-hydrogen) atoms. The van der Waals surface area contributed by atoms with E-state index in [1.165, 1.54) is 6.07 Å². The number of imidazole rings is 1. The molecule has 0 bridgehead atoms. The third-order valence-electron chi connectivity index (χ3n) is 4.77. The second-order valence-corrected chi connectivity index (χ2v) is 10.9. The van der Waals surface area contributed by atoms with Gasteiger partial charge in [-0.05, 0) is 37.0 Å². The number of ether oxygens (including phenoxy) is 1. The predicted octanol–water partition coefficient (Wildman–Crippen LogP) is 3.71. The number of hydrogen-bond donors (Lipinski definition) is 2. The molecule has 0 aliphatic heterocycles. The molecule has 11 heteroatoms. The molecule has 178 valence electrons. The Morgan fingerprint density at radius 1 is 1.33 bits per heavy atom. The Kier molecular flexibility index (Phi) is 7.88. The van der Waals surface area contributed by atoms with Crippen LogP contribution in [-0.2, 0) is 27.7 Å². The molecule has 0 saturated carbocycles. The smallest absolute Gasteiger partial charge is 0.421 e. The number of aliphatic hydroxyl groups is 1. The summed E-state index contributed by atoms with van der Waals surface area (Å²) in [7, 11) is -4.28. The number of benzene rings is 1. The van der Waals surface area contributed by atoms with Crippen molar-refractivity contribution in [3.63, 3.8) is 0 Å². The molecule has 1 amide bonds. The second kappa shape index (κ2) is 10.4. The monoisotopic (exact) mass is 495 g/mol. The predicted molar refractivity (Wildman–Crippen MR) is 123 cm³/mol.